The van der Waals surface area contributed by atoms with Crippen LogP contribution in [-0.4, -0.2) is 32.9 Å². The maximum absolute atomic E-state index is 12.2. The Kier molecular flexibility index (Phi) is 7.69. The molecule has 0 bridgehead atoms. The maximum Gasteiger partial charge on any atom is 0.271 e. The molecule has 0 fully saturated rings. The number of benzene rings is 2. The predicted molar refractivity (Wildman–Crippen MR) is 110 cm³/mol. The number of methoxy groups -OCH3 is 2. The molecule has 1 N–H and O–H groups in total. The molecular formula is C18H15ClIN3O4. The van der Waals surface area contributed by atoms with Gasteiger partial charge in [0.05, 0.1) is 29.0 Å². The first kappa shape index (κ1) is 20.8. The topological polar surface area (TPSA) is 92.9 Å². The number of nitrogens with one attached hydrogen (secondary N) is 1. The van der Waals surface area contributed by atoms with Crippen LogP contribution in [0.5, 0.6) is 17.2 Å². The molecule has 1 amide bonds. The number of ether oxygens (including phenoxy) is 3. The van der Waals surface area contributed by atoms with Gasteiger partial charge in [0.25, 0.3) is 5.91 Å². The van der Waals surface area contributed by atoms with Gasteiger partial charge in [0.1, 0.15) is 11.8 Å². The molecule has 0 aromatic heterocycles. The Morgan fingerprint density at radius 1 is 1.30 bits per heavy atom. The van der Waals surface area contributed by atoms with E-state index in [1.54, 1.807) is 37.4 Å². The van der Waals surface area contributed by atoms with Crippen LogP contribution in [0, 0.1) is 14.9 Å². The molecule has 140 valence electrons. The Morgan fingerprint density at radius 2 is 2.04 bits per heavy atom. The number of hydrogen-bond donors (Lipinski definition) is 1. The third-order valence-electron chi connectivity index (χ3n) is 3.33. The Balaban J connectivity index is 2.13. The first-order chi connectivity index (χ1) is 13.0. The molecule has 0 atom stereocenters. The standard InChI is InChI=1S/C18H15ClIN3O4/c1-25-15-9-12(3-4-14(15)20)18(24)23-22-10-11-7-13(19)17(27-6-5-21)16(8-11)26-2/h3-4,7-10H,6H2,1-2H3,(H,23,24)/b22-10-. The highest BCUT2D eigenvalue weighted by Gasteiger charge is 2.12. The average Bonchev–Trinajstić information content (AvgIpc) is 2.67. The van der Waals surface area contributed by atoms with Gasteiger partial charge in [-0.1, -0.05) is 11.6 Å². The van der Waals surface area contributed by atoms with Crippen LogP contribution in [0.4, 0.5) is 0 Å². The van der Waals surface area contributed by atoms with Crippen LogP contribution in [0.15, 0.2) is 35.4 Å². The molecule has 0 heterocycles. The second kappa shape index (κ2) is 9.99. The zero-order valence-electron chi connectivity index (χ0n) is 14.5. The first-order valence-electron chi connectivity index (χ1n) is 7.54. The van der Waals surface area contributed by atoms with Gasteiger partial charge in [0, 0.05) is 5.56 Å². The van der Waals surface area contributed by atoms with E-state index in [2.05, 4.69) is 33.1 Å². The highest BCUT2D eigenvalue weighted by Crippen LogP contribution is 2.36. The number of nitrogens with zero attached hydrogens (tertiary/aromatic N) is 2. The summed E-state index contributed by atoms with van der Waals surface area (Å²) in [5.41, 5.74) is 3.44. The van der Waals surface area contributed by atoms with Crippen molar-refractivity contribution >= 4 is 46.3 Å². The van der Waals surface area contributed by atoms with E-state index < -0.39 is 0 Å². The lowest BCUT2D eigenvalue weighted by Gasteiger charge is -2.11. The Bertz CT molecular complexity index is 912. The van der Waals surface area contributed by atoms with E-state index in [1.165, 1.54) is 13.3 Å². The lowest BCUT2D eigenvalue weighted by molar-refractivity contribution is 0.0954. The molecule has 2 rings (SSSR count). The predicted octanol–water partition coefficient (Wildman–Crippen LogP) is 3.63. The number of nitriles is 1. The lowest BCUT2D eigenvalue weighted by atomic mass is 10.2. The minimum Gasteiger partial charge on any atom is -0.496 e. The minimum atomic E-state index is -0.381. The SMILES string of the molecule is COc1cc(C(=O)N/N=C\c2cc(Cl)c(OCC#N)c(OC)c2)ccc1I. The first-order valence-corrected chi connectivity index (χ1v) is 9.00. The summed E-state index contributed by atoms with van der Waals surface area (Å²) in [6.45, 7) is -0.154. The molecule has 0 aliphatic carbocycles. The zero-order chi connectivity index (χ0) is 19.8. The third-order valence-corrected chi connectivity index (χ3v) is 4.50. The number of halogens is 2. The van der Waals surface area contributed by atoms with Crippen LogP contribution in [0.1, 0.15) is 15.9 Å². The molecule has 0 aliphatic heterocycles. The van der Waals surface area contributed by atoms with E-state index in [4.69, 9.17) is 31.1 Å². The number of rotatable bonds is 7. The van der Waals surface area contributed by atoms with Gasteiger partial charge in [-0.15, -0.1) is 0 Å². The molecule has 0 aliphatic rings. The monoisotopic (exact) mass is 499 g/mol. The van der Waals surface area contributed by atoms with Crippen LogP contribution in [0.2, 0.25) is 5.02 Å². The van der Waals surface area contributed by atoms with Gasteiger partial charge in [0.15, 0.2) is 18.1 Å². The van der Waals surface area contributed by atoms with Crippen LogP contribution in [-0.2, 0) is 0 Å². The molecular weight excluding hydrogens is 485 g/mol. The molecule has 2 aromatic rings. The Morgan fingerprint density at radius 3 is 2.70 bits per heavy atom. The summed E-state index contributed by atoms with van der Waals surface area (Å²) in [6, 6.07) is 10.2. The summed E-state index contributed by atoms with van der Waals surface area (Å²) in [6.07, 6.45) is 1.42. The quantitative estimate of drug-likeness (QED) is 0.357. The van der Waals surface area contributed by atoms with Crippen LogP contribution in [0.25, 0.3) is 0 Å². The van der Waals surface area contributed by atoms with E-state index >= 15 is 0 Å². The second-order valence-electron chi connectivity index (χ2n) is 5.03. The summed E-state index contributed by atoms with van der Waals surface area (Å²) in [5.74, 6) is 0.852. The van der Waals surface area contributed by atoms with Gasteiger partial charge in [-0.25, -0.2) is 5.43 Å². The normalized spacial score (nSPS) is 10.3. The van der Waals surface area contributed by atoms with Gasteiger partial charge >= 0.3 is 0 Å². The highest BCUT2D eigenvalue weighted by atomic mass is 127. The van der Waals surface area contributed by atoms with Crippen molar-refractivity contribution in [1.29, 1.82) is 5.26 Å². The maximum atomic E-state index is 12.2. The summed E-state index contributed by atoms with van der Waals surface area (Å²) >= 11 is 8.28. The van der Waals surface area contributed by atoms with Crippen molar-refractivity contribution in [3.63, 3.8) is 0 Å². The van der Waals surface area contributed by atoms with E-state index in [-0.39, 0.29) is 23.3 Å². The third kappa shape index (κ3) is 5.48. The van der Waals surface area contributed by atoms with Crippen LogP contribution in [0.3, 0.4) is 0 Å². The van der Waals surface area contributed by atoms with E-state index in [0.29, 0.717) is 22.6 Å². The summed E-state index contributed by atoms with van der Waals surface area (Å²) in [5, 5.41) is 12.8. The Hall–Kier alpha value is -2.51. The van der Waals surface area contributed by atoms with Gasteiger partial charge in [-0.2, -0.15) is 10.4 Å². The molecule has 0 saturated carbocycles. The fraction of sp³-hybridized carbons (Fsp3) is 0.167. The van der Waals surface area contributed by atoms with Gasteiger partial charge in [-0.05, 0) is 58.5 Å². The molecule has 0 spiro atoms. The van der Waals surface area contributed by atoms with Crippen molar-refractivity contribution < 1.29 is 19.0 Å². The van der Waals surface area contributed by atoms with Crippen molar-refractivity contribution in [2.45, 2.75) is 0 Å². The minimum absolute atomic E-state index is 0.154. The zero-order valence-corrected chi connectivity index (χ0v) is 17.4. The van der Waals surface area contributed by atoms with Gasteiger partial charge in [-0.3, -0.25) is 4.79 Å². The molecule has 2 aromatic carbocycles. The number of carbonyl (C=O) groups excluding carboxylic acids is 1. The molecule has 9 heteroatoms. The number of hydrogen-bond acceptors (Lipinski definition) is 6. The van der Waals surface area contributed by atoms with Crippen molar-refractivity contribution in [2.75, 3.05) is 20.8 Å². The van der Waals surface area contributed by atoms with E-state index in [0.717, 1.165) is 3.57 Å². The van der Waals surface area contributed by atoms with Crippen molar-refractivity contribution in [1.82, 2.24) is 5.43 Å². The Labute approximate surface area is 175 Å². The van der Waals surface area contributed by atoms with Gasteiger partial charge < -0.3 is 14.2 Å². The van der Waals surface area contributed by atoms with E-state index in [9.17, 15) is 4.79 Å². The second-order valence-corrected chi connectivity index (χ2v) is 6.60. The average molecular weight is 500 g/mol. The molecule has 0 saturated heterocycles. The molecule has 0 unspecified atom stereocenters. The highest BCUT2D eigenvalue weighted by molar-refractivity contribution is 14.1. The largest absolute Gasteiger partial charge is 0.496 e. The van der Waals surface area contributed by atoms with Crippen LogP contribution < -0.4 is 19.6 Å². The molecule has 27 heavy (non-hydrogen) atoms. The smallest absolute Gasteiger partial charge is 0.271 e. The van der Waals surface area contributed by atoms with Gasteiger partial charge in [0.2, 0.25) is 0 Å². The van der Waals surface area contributed by atoms with Crippen LogP contribution >= 0.6 is 34.2 Å². The van der Waals surface area contributed by atoms with Crippen molar-refractivity contribution in [3.05, 3.63) is 50.1 Å². The van der Waals surface area contributed by atoms with Crippen molar-refractivity contribution in [3.8, 4) is 23.3 Å². The number of hydrazone groups is 1. The van der Waals surface area contributed by atoms with E-state index in [1.807, 2.05) is 6.07 Å². The molecule has 0 radical (unpaired) electrons. The summed E-state index contributed by atoms with van der Waals surface area (Å²) in [4.78, 5) is 12.2. The summed E-state index contributed by atoms with van der Waals surface area (Å²) in [7, 11) is 3.00. The number of carbonyl (C=O) groups is 1. The lowest BCUT2D eigenvalue weighted by Crippen LogP contribution is -2.17. The van der Waals surface area contributed by atoms with Crippen molar-refractivity contribution in [2.24, 2.45) is 5.10 Å². The molecule has 7 nitrogen and oxygen atoms in total. The summed E-state index contributed by atoms with van der Waals surface area (Å²) < 4.78 is 16.6. The fourth-order valence-electron chi connectivity index (χ4n) is 2.09. The number of amides is 1. The fourth-order valence-corrected chi connectivity index (χ4v) is 2.92.